The number of hydrogen-bond acceptors (Lipinski definition) is 3. The molecule has 13 heavy (non-hydrogen) atoms. The van der Waals surface area contributed by atoms with Crippen molar-refractivity contribution >= 4 is 17.4 Å². The van der Waals surface area contributed by atoms with Crippen molar-refractivity contribution in [3.8, 4) is 0 Å². The first kappa shape index (κ1) is 10.3. The minimum Gasteiger partial charge on any atom is -0.369 e. The molecule has 1 atom stereocenters. The van der Waals surface area contributed by atoms with Gasteiger partial charge in [-0.2, -0.15) is 5.10 Å². The Kier molecular flexibility index (Phi) is 4.54. The van der Waals surface area contributed by atoms with E-state index in [2.05, 4.69) is 22.4 Å². The lowest BCUT2D eigenvalue weighted by molar-refractivity contribution is 0.750. The minimum absolute atomic E-state index is 0.254. The Labute approximate surface area is 83.5 Å². The Hall–Kier alpha value is -0.830. The van der Waals surface area contributed by atoms with Crippen LogP contribution in [0.4, 0.5) is 5.82 Å². The van der Waals surface area contributed by atoms with Crippen LogP contribution >= 0.6 is 11.6 Å². The van der Waals surface area contributed by atoms with E-state index in [9.17, 15) is 0 Å². The zero-order chi connectivity index (χ0) is 9.52. The van der Waals surface area contributed by atoms with Crippen molar-refractivity contribution in [2.45, 2.75) is 25.1 Å². The summed E-state index contributed by atoms with van der Waals surface area (Å²) in [6.07, 6.45) is 3.61. The molecule has 1 aromatic heterocycles. The van der Waals surface area contributed by atoms with Crippen molar-refractivity contribution in [1.29, 1.82) is 0 Å². The smallest absolute Gasteiger partial charge is 0.148 e. The molecule has 0 saturated heterocycles. The first-order valence-corrected chi connectivity index (χ1v) is 4.92. The number of aromatic nitrogens is 2. The average Bonchev–Trinajstić information content (AvgIpc) is 2.19. The molecule has 0 aliphatic carbocycles. The highest BCUT2D eigenvalue weighted by Crippen LogP contribution is 2.06. The normalized spacial score (nSPS) is 12.5. The zero-order valence-corrected chi connectivity index (χ0v) is 8.46. The largest absolute Gasteiger partial charge is 0.369 e. The third-order valence-electron chi connectivity index (χ3n) is 1.78. The summed E-state index contributed by atoms with van der Waals surface area (Å²) in [7, 11) is 0. The molecule has 1 unspecified atom stereocenters. The second-order valence-corrected chi connectivity index (χ2v) is 3.45. The second-order valence-electron chi connectivity index (χ2n) is 2.83. The Balaban J connectivity index is 2.20. The lowest BCUT2D eigenvalue weighted by atomic mass is 10.2. The van der Waals surface area contributed by atoms with Gasteiger partial charge >= 0.3 is 0 Å². The zero-order valence-electron chi connectivity index (χ0n) is 7.70. The maximum absolute atomic E-state index is 5.96. The van der Waals surface area contributed by atoms with Gasteiger partial charge in [-0.1, -0.05) is 6.92 Å². The number of alkyl halides is 1. The van der Waals surface area contributed by atoms with Crippen molar-refractivity contribution in [3.63, 3.8) is 0 Å². The predicted octanol–water partition coefficient (Wildman–Crippen LogP) is 2.30. The van der Waals surface area contributed by atoms with E-state index >= 15 is 0 Å². The fourth-order valence-electron chi connectivity index (χ4n) is 0.957. The van der Waals surface area contributed by atoms with Gasteiger partial charge in [-0.25, -0.2) is 0 Å². The summed E-state index contributed by atoms with van der Waals surface area (Å²) in [5, 5.41) is 11.1. The Morgan fingerprint density at radius 2 is 2.46 bits per heavy atom. The SMILES string of the molecule is CCC(Cl)CCNc1cccnn1. The fourth-order valence-corrected chi connectivity index (χ4v) is 1.07. The molecule has 0 saturated carbocycles. The molecule has 1 aromatic rings. The molecule has 0 aliphatic rings. The van der Waals surface area contributed by atoms with Gasteiger partial charge in [0.25, 0.3) is 0 Å². The summed E-state index contributed by atoms with van der Waals surface area (Å²) < 4.78 is 0. The molecule has 0 bridgehead atoms. The highest BCUT2D eigenvalue weighted by molar-refractivity contribution is 6.20. The quantitative estimate of drug-likeness (QED) is 0.740. The molecular weight excluding hydrogens is 186 g/mol. The van der Waals surface area contributed by atoms with E-state index in [1.807, 2.05) is 12.1 Å². The molecular formula is C9H14ClN3. The number of nitrogens with one attached hydrogen (secondary N) is 1. The van der Waals surface area contributed by atoms with Gasteiger partial charge in [0.05, 0.1) is 0 Å². The van der Waals surface area contributed by atoms with Gasteiger partial charge in [0.2, 0.25) is 0 Å². The molecule has 1 rings (SSSR count). The summed E-state index contributed by atoms with van der Waals surface area (Å²) in [6, 6.07) is 3.75. The molecule has 0 aliphatic heterocycles. The summed E-state index contributed by atoms with van der Waals surface area (Å²) in [5.74, 6) is 0.808. The number of rotatable bonds is 5. The van der Waals surface area contributed by atoms with Gasteiger partial charge in [0.15, 0.2) is 0 Å². The molecule has 4 heteroatoms. The van der Waals surface area contributed by atoms with E-state index in [1.54, 1.807) is 6.20 Å². The third kappa shape index (κ3) is 4.08. The standard InChI is InChI=1S/C9H14ClN3/c1-2-8(10)5-7-11-9-4-3-6-12-13-9/h3-4,6,8H,2,5,7H2,1H3,(H,11,13). The summed E-state index contributed by atoms with van der Waals surface area (Å²) in [5.41, 5.74) is 0. The number of hydrogen-bond donors (Lipinski definition) is 1. The maximum atomic E-state index is 5.96. The van der Waals surface area contributed by atoms with Crippen LogP contribution in [-0.4, -0.2) is 22.1 Å². The monoisotopic (exact) mass is 199 g/mol. The number of nitrogens with zero attached hydrogens (tertiary/aromatic N) is 2. The van der Waals surface area contributed by atoms with Crippen LogP contribution in [0.25, 0.3) is 0 Å². The van der Waals surface area contributed by atoms with Gasteiger partial charge in [-0.05, 0) is 25.0 Å². The van der Waals surface area contributed by atoms with Gasteiger partial charge in [0, 0.05) is 18.1 Å². The first-order valence-electron chi connectivity index (χ1n) is 4.48. The van der Waals surface area contributed by atoms with E-state index in [4.69, 9.17) is 11.6 Å². The second kappa shape index (κ2) is 5.75. The predicted molar refractivity (Wildman–Crippen MR) is 55.1 cm³/mol. The van der Waals surface area contributed by atoms with Crippen LogP contribution in [0.5, 0.6) is 0 Å². The minimum atomic E-state index is 0.254. The van der Waals surface area contributed by atoms with Crippen molar-refractivity contribution in [2.24, 2.45) is 0 Å². The van der Waals surface area contributed by atoms with Crippen LogP contribution < -0.4 is 5.32 Å². The van der Waals surface area contributed by atoms with Gasteiger partial charge in [-0.3, -0.25) is 0 Å². The van der Waals surface area contributed by atoms with Crippen LogP contribution in [0, 0.1) is 0 Å². The molecule has 0 fully saturated rings. The number of anilines is 1. The molecule has 0 amide bonds. The van der Waals surface area contributed by atoms with Crippen LogP contribution in [-0.2, 0) is 0 Å². The van der Waals surface area contributed by atoms with Crippen LogP contribution in [0.3, 0.4) is 0 Å². The molecule has 72 valence electrons. The average molecular weight is 200 g/mol. The lowest BCUT2D eigenvalue weighted by Gasteiger charge is -2.07. The maximum Gasteiger partial charge on any atom is 0.148 e. The highest BCUT2D eigenvalue weighted by atomic mass is 35.5. The molecule has 0 spiro atoms. The van der Waals surface area contributed by atoms with Crippen molar-refractivity contribution in [2.75, 3.05) is 11.9 Å². The van der Waals surface area contributed by atoms with Crippen molar-refractivity contribution in [3.05, 3.63) is 18.3 Å². The fraction of sp³-hybridized carbons (Fsp3) is 0.556. The summed E-state index contributed by atoms with van der Waals surface area (Å²) in [6.45, 7) is 2.93. The van der Waals surface area contributed by atoms with E-state index in [0.29, 0.717) is 0 Å². The van der Waals surface area contributed by atoms with Crippen LogP contribution in [0.15, 0.2) is 18.3 Å². The molecule has 1 N–H and O–H groups in total. The van der Waals surface area contributed by atoms with Crippen molar-refractivity contribution in [1.82, 2.24) is 10.2 Å². The molecule has 1 heterocycles. The first-order chi connectivity index (χ1) is 6.33. The molecule has 0 radical (unpaired) electrons. The lowest BCUT2D eigenvalue weighted by Crippen LogP contribution is -2.09. The van der Waals surface area contributed by atoms with Crippen molar-refractivity contribution < 1.29 is 0 Å². The van der Waals surface area contributed by atoms with Gasteiger partial charge < -0.3 is 5.32 Å². The summed E-state index contributed by atoms with van der Waals surface area (Å²) in [4.78, 5) is 0. The third-order valence-corrected chi connectivity index (χ3v) is 2.31. The van der Waals surface area contributed by atoms with Crippen LogP contribution in [0.1, 0.15) is 19.8 Å². The van der Waals surface area contributed by atoms with E-state index in [-0.39, 0.29) is 5.38 Å². The Morgan fingerprint density at radius 3 is 3.08 bits per heavy atom. The van der Waals surface area contributed by atoms with E-state index in [0.717, 1.165) is 25.2 Å². The Morgan fingerprint density at radius 1 is 1.62 bits per heavy atom. The number of halogens is 1. The Bertz CT molecular complexity index is 228. The van der Waals surface area contributed by atoms with Gasteiger partial charge in [-0.15, -0.1) is 16.7 Å². The van der Waals surface area contributed by atoms with Gasteiger partial charge in [0.1, 0.15) is 5.82 Å². The topological polar surface area (TPSA) is 37.8 Å². The van der Waals surface area contributed by atoms with E-state index in [1.165, 1.54) is 0 Å². The van der Waals surface area contributed by atoms with E-state index < -0.39 is 0 Å². The van der Waals surface area contributed by atoms with Crippen LogP contribution in [0.2, 0.25) is 0 Å². The molecule has 0 aromatic carbocycles. The summed E-state index contributed by atoms with van der Waals surface area (Å²) >= 11 is 5.96. The molecule has 3 nitrogen and oxygen atoms in total. The highest BCUT2D eigenvalue weighted by Gasteiger charge is 2.00.